The predicted molar refractivity (Wildman–Crippen MR) is 102 cm³/mol. The Balaban J connectivity index is 1.35. The number of amides is 1. The molecular weight excluding hydrogens is 328 g/mol. The lowest BCUT2D eigenvalue weighted by molar-refractivity contribution is 0.0953. The summed E-state index contributed by atoms with van der Waals surface area (Å²) in [6, 6.07) is 18.2. The van der Waals surface area contributed by atoms with Crippen LogP contribution in [0.4, 0.5) is 0 Å². The highest BCUT2D eigenvalue weighted by Crippen LogP contribution is 2.41. The molecule has 1 aliphatic carbocycles. The van der Waals surface area contributed by atoms with Gasteiger partial charge < -0.3 is 5.32 Å². The number of benzene rings is 2. The fourth-order valence-electron chi connectivity index (χ4n) is 2.99. The van der Waals surface area contributed by atoms with E-state index in [9.17, 15) is 4.79 Å². The average Bonchev–Trinajstić information content (AvgIpc) is 3.41. The molecule has 0 saturated heterocycles. The van der Waals surface area contributed by atoms with E-state index < -0.39 is 0 Å². The lowest BCUT2D eigenvalue weighted by Gasteiger charge is -2.09. The maximum Gasteiger partial charge on any atom is 0.251 e. The molecule has 1 amide bonds. The van der Waals surface area contributed by atoms with Gasteiger partial charge in [-0.15, -0.1) is 11.3 Å². The van der Waals surface area contributed by atoms with Gasteiger partial charge in [0.05, 0.1) is 5.69 Å². The first-order valence-electron chi connectivity index (χ1n) is 8.68. The van der Waals surface area contributed by atoms with Crippen molar-refractivity contribution < 1.29 is 4.79 Å². The van der Waals surface area contributed by atoms with Crippen LogP contribution in [0.2, 0.25) is 0 Å². The largest absolute Gasteiger partial charge is 0.352 e. The zero-order valence-electron chi connectivity index (χ0n) is 13.9. The molecule has 1 fully saturated rings. The number of carbonyl (C=O) groups is 1. The topological polar surface area (TPSA) is 42.0 Å². The standard InChI is InChI=1S/C21H20N2OS/c24-20(19-9-5-4-8-18(19)15-10-11-15)22-13-12-17-14-25-21(23-17)16-6-2-1-3-7-16/h1-9,14-15H,10-13H2,(H,22,24). The van der Waals surface area contributed by atoms with Crippen LogP contribution in [-0.2, 0) is 6.42 Å². The lowest BCUT2D eigenvalue weighted by Crippen LogP contribution is -2.26. The first-order chi connectivity index (χ1) is 12.3. The molecule has 0 unspecified atom stereocenters. The summed E-state index contributed by atoms with van der Waals surface area (Å²) in [4.78, 5) is 17.2. The molecule has 0 spiro atoms. The monoisotopic (exact) mass is 348 g/mol. The van der Waals surface area contributed by atoms with Crippen molar-refractivity contribution in [3.8, 4) is 10.6 Å². The van der Waals surface area contributed by atoms with Crippen LogP contribution in [0, 0.1) is 0 Å². The zero-order chi connectivity index (χ0) is 17.1. The van der Waals surface area contributed by atoms with Crippen LogP contribution in [0.3, 0.4) is 0 Å². The van der Waals surface area contributed by atoms with Gasteiger partial charge in [-0.25, -0.2) is 4.98 Å². The van der Waals surface area contributed by atoms with Gasteiger partial charge in [0.15, 0.2) is 0 Å². The number of carbonyl (C=O) groups excluding carboxylic acids is 1. The summed E-state index contributed by atoms with van der Waals surface area (Å²) in [5.41, 5.74) is 4.19. The molecule has 2 aromatic carbocycles. The fraction of sp³-hybridized carbons (Fsp3) is 0.238. The van der Waals surface area contributed by atoms with Crippen LogP contribution in [0.25, 0.3) is 10.6 Å². The number of hydrogen-bond acceptors (Lipinski definition) is 3. The molecule has 0 aliphatic heterocycles. The first kappa shape index (κ1) is 16.0. The maximum absolute atomic E-state index is 12.5. The third kappa shape index (κ3) is 3.80. The number of hydrogen-bond donors (Lipinski definition) is 1. The van der Waals surface area contributed by atoms with E-state index in [1.54, 1.807) is 11.3 Å². The Morgan fingerprint density at radius 3 is 2.64 bits per heavy atom. The third-order valence-electron chi connectivity index (χ3n) is 4.46. The maximum atomic E-state index is 12.5. The summed E-state index contributed by atoms with van der Waals surface area (Å²) in [5.74, 6) is 0.606. The van der Waals surface area contributed by atoms with Crippen LogP contribution in [0.5, 0.6) is 0 Å². The SMILES string of the molecule is O=C(NCCc1csc(-c2ccccc2)n1)c1ccccc1C1CC1. The Bertz CT molecular complexity index is 868. The highest BCUT2D eigenvalue weighted by atomic mass is 32.1. The van der Waals surface area contributed by atoms with Crippen LogP contribution in [0.15, 0.2) is 60.0 Å². The van der Waals surface area contributed by atoms with E-state index in [0.29, 0.717) is 12.5 Å². The number of aromatic nitrogens is 1. The summed E-state index contributed by atoms with van der Waals surface area (Å²) in [5, 5.41) is 6.15. The van der Waals surface area contributed by atoms with Crippen LogP contribution < -0.4 is 5.32 Å². The highest BCUT2D eigenvalue weighted by Gasteiger charge is 2.27. The molecule has 1 aliphatic rings. The van der Waals surface area contributed by atoms with Crippen molar-refractivity contribution >= 4 is 17.2 Å². The number of thiazole rings is 1. The van der Waals surface area contributed by atoms with Gasteiger partial charge in [0.1, 0.15) is 5.01 Å². The van der Waals surface area contributed by atoms with Gasteiger partial charge in [-0.1, -0.05) is 48.5 Å². The van der Waals surface area contributed by atoms with E-state index in [1.165, 1.54) is 18.4 Å². The van der Waals surface area contributed by atoms with Crippen molar-refractivity contribution in [2.45, 2.75) is 25.2 Å². The van der Waals surface area contributed by atoms with E-state index in [-0.39, 0.29) is 5.91 Å². The van der Waals surface area contributed by atoms with Crippen molar-refractivity contribution in [1.29, 1.82) is 0 Å². The smallest absolute Gasteiger partial charge is 0.251 e. The molecular formula is C21H20N2OS. The molecule has 0 radical (unpaired) electrons. The van der Waals surface area contributed by atoms with Gasteiger partial charge in [0.2, 0.25) is 0 Å². The fourth-order valence-corrected chi connectivity index (χ4v) is 3.85. The van der Waals surface area contributed by atoms with Crippen molar-refractivity contribution in [1.82, 2.24) is 10.3 Å². The van der Waals surface area contributed by atoms with Crippen LogP contribution >= 0.6 is 11.3 Å². The van der Waals surface area contributed by atoms with Crippen molar-refractivity contribution in [2.24, 2.45) is 0 Å². The molecule has 3 aromatic rings. The molecule has 25 heavy (non-hydrogen) atoms. The number of nitrogens with one attached hydrogen (secondary N) is 1. The normalized spacial score (nSPS) is 13.6. The average molecular weight is 348 g/mol. The first-order valence-corrected chi connectivity index (χ1v) is 9.56. The van der Waals surface area contributed by atoms with Gasteiger partial charge in [0.25, 0.3) is 5.91 Å². The predicted octanol–water partition coefficient (Wildman–Crippen LogP) is 4.66. The molecule has 3 nitrogen and oxygen atoms in total. The molecule has 0 atom stereocenters. The second-order valence-electron chi connectivity index (χ2n) is 6.38. The molecule has 1 N–H and O–H groups in total. The van der Waals surface area contributed by atoms with Gasteiger partial charge in [-0.05, 0) is 30.4 Å². The number of rotatable bonds is 6. The lowest BCUT2D eigenvalue weighted by atomic mass is 10.0. The molecule has 0 bridgehead atoms. The Morgan fingerprint density at radius 1 is 1.08 bits per heavy atom. The zero-order valence-corrected chi connectivity index (χ0v) is 14.8. The molecule has 1 heterocycles. The van der Waals surface area contributed by atoms with E-state index in [4.69, 9.17) is 0 Å². The van der Waals surface area contributed by atoms with Crippen LogP contribution in [-0.4, -0.2) is 17.4 Å². The molecule has 1 aromatic heterocycles. The summed E-state index contributed by atoms with van der Waals surface area (Å²) in [6.45, 7) is 0.607. The van der Waals surface area contributed by atoms with Gasteiger partial charge >= 0.3 is 0 Å². The summed E-state index contributed by atoms with van der Waals surface area (Å²) >= 11 is 1.65. The minimum Gasteiger partial charge on any atom is -0.352 e. The Kier molecular flexibility index (Phi) is 4.61. The molecule has 4 rings (SSSR count). The Morgan fingerprint density at radius 2 is 1.84 bits per heavy atom. The Hall–Kier alpha value is -2.46. The van der Waals surface area contributed by atoms with Crippen molar-refractivity contribution in [3.63, 3.8) is 0 Å². The Labute approximate surface area is 151 Å². The second-order valence-corrected chi connectivity index (χ2v) is 7.24. The summed E-state index contributed by atoms with van der Waals surface area (Å²) < 4.78 is 0. The van der Waals surface area contributed by atoms with Gasteiger partial charge in [0, 0.05) is 29.5 Å². The summed E-state index contributed by atoms with van der Waals surface area (Å²) in [7, 11) is 0. The van der Waals surface area contributed by atoms with E-state index in [0.717, 1.165) is 28.2 Å². The van der Waals surface area contributed by atoms with Gasteiger partial charge in [-0.3, -0.25) is 4.79 Å². The highest BCUT2D eigenvalue weighted by molar-refractivity contribution is 7.13. The molecule has 126 valence electrons. The quantitative estimate of drug-likeness (QED) is 0.704. The van der Waals surface area contributed by atoms with E-state index in [2.05, 4.69) is 33.9 Å². The molecule has 1 saturated carbocycles. The summed E-state index contributed by atoms with van der Waals surface area (Å²) in [6.07, 6.45) is 3.15. The van der Waals surface area contributed by atoms with Crippen molar-refractivity contribution in [3.05, 3.63) is 76.8 Å². The van der Waals surface area contributed by atoms with E-state index in [1.807, 2.05) is 36.4 Å². The number of nitrogens with zero attached hydrogens (tertiary/aromatic N) is 1. The van der Waals surface area contributed by atoms with Crippen molar-refractivity contribution in [2.75, 3.05) is 6.54 Å². The minimum absolute atomic E-state index is 0.0287. The third-order valence-corrected chi connectivity index (χ3v) is 5.40. The molecule has 4 heteroatoms. The van der Waals surface area contributed by atoms with Crippen LogP contribution in [0.1, 0.15) is 40.4 Å². The minimum atomic E-state index is 0.0287. The second kappa shape index (κ2) is 7.19. The van der Waals surface area contributed by atoms with E-state index >= 15 is 0 Å². The van der Waals surface area contributed by atoms with Gasteiger partial charge in [-0.2, -0.15) is 0 Å².